The highest BCUT2D eigenvalue weighted by atomic mass is 19.4. The van der Waals surface area contributed by atoms with Gasteiger partial charge in [-0.1, -0.05) is 6.07 Å². The molecular formula is C21H23F3N4O5. The molecule has 3 atom stereocenters. The molecule has 9 nitrogen and oxygen atoms in total. The molecule has 0 radical (unpaired) electrons. The number of alkyl halides is 3. The molecule has 4 heterocycles. The third-order valence-corrected chi connectivity index (χ3v) is 5.36. The molecule has 2 fully saturated rings. The number of hydrogen-bond acceptors (Lipinski definition) is 7. The Kier molecular flexibility index (Phi) is 8.28. The van der Waals surface area contributed by atoms with Crippen molar-refractivity contribution in [2.45, 2.75) is 25.3 Å². The van der Waals surface area contributed by atoms with Crippen molar-refractivity contribution in [1.29, 1.82) is 0 Å². The van der Waals surface area contributed by atoms with Crippen LogP contribution in [-0.2, 0) is 20.9 Å². The Morgan fingerprint density at radius 1 is 1.18 bits per heavy atom. The standard InChI is InChI=1S/C19H22N4O3.C2HF3O2/c24-19(17-9-20-6-7-22-17)23-10-16-14(12-26-18(16)11-23)4-8-25-13-15-3-1-2-5-21-15;3-2(4,5)1(6)7/h1-3,5-7,9,14,16,18H,4,8,10-13H2;(H,6,7)/t14-,16-,18-;/m0./s1. The molecule has 0 saturated carbocycles. The Labute approximate surface area is 187 Å². The number of likely N-dealkylation sites (tertiary alicyclic amines) is 1. The predicted octanol–water partition coefficient (Wildman–Crippen LogP) is 2.20. The van der Waals surface area contributed by atoms with Gasteiger partial charge in [0.05, 0.1) is 31.2 Å². The maximum Gasteiger partial charge on any atom is 0.490 e. The van der Waals surface area contributed by atoms with Gasteiger partial charge in [0.15, 0.2) is 0 Å². The fourth-order valence-corrected chi connectivity index (χ4v) is 3.73. The Balaban J connectivity index is 0.000000383. The monoisotopic (exact) mass is 468 g/mol. The van der Waals surface area contributed by atoms with E-state index >= 15 is 0 Å². The molecule has 178 valence electrons. The quantitative estimate of drug-likeness (QED) is 0.642. The van der Waals surface area contributed by atoms with Crippen molar-refractivity contribution in [2.75, 3.05) is 26.3 Å². The molecule has 33 heavy (non-hydrogen) atoms. The van der Waals surface area contributed by atoms with E-state index in [1.165, 1.54) is 6.20 Å². The van der Waals surface area contributed by atoms with E-state index in [-0.39, 0.29) is 12.0 Å². The van der Waals surface area contributed by atoms with Crippen LogP contribution in [0.2, 0.25) is 0 Å². The molecule has 4 rings (SSSR count). The fourth-order valence-electron chi connectivity index (χ4n) is 3.73. The lowest BCUT2D eigenvalue weighted by Crippen LogP contribution is -2.32. The van der Waals surface area contributed by atoms with E-state index in [2.05, 4.69) is 15.0 Å². The lowest BCUT2D eigenvalue weighted by molar-refractivity contribution is -0.192. The van der Waals surface area contributed by atoms with Crippen LogP contribution in [0.3, 0.4) is 0 Å². The Hall–Kier alpha value is -3.12. The highest BCUT2D eigenvalue weighted by Crippen LogP contribution is 2.35. The Morgan fingerprint density at radius 2 is 1.97 bits per heavy atom. The van der Waals surface area contributed by atoms with Crippen LogP contribution in [0.5, 0.6) is 0 Å². The summed E-state index contributed by atoms with van der Waals surface area (Å²) in [7, 11) is 0. The van der Waals surface area contributed by atoms with Gasteiger partial charge in [-0.2, -0.15) is 13.2 Å². The minimum atomic E-state index is -5.08. The van der Waals surface area contributed by atoms with Crippen molar-refractivity contribution in [3.63, 3.8) is 0 Å². The smallest absolute Gasteiger partial charge is 0.475 e. The number of rotatable bonds is 6. The molecular weight excluding hydrogens is 445 g/mol. The summed E-state index contributed by atoms with van der Waals surface area (Å²) >= 11 is 0. The van der Waals surface area contributed by atoms with Crippen molar-refractivity contribution < 1.29 is 37.3 Å². The van der Waals surface area contributed by atoms with Crippen LogP contribution in [0.15, 0.2) is 43.0 Å². The van der Waals surface area contributed by atoms with Crippen LogP contribution in [0.25, 0.3) is 0 Å². The van der Waals surface area contributed by atoms with Gasteiger partial charge < -0.3 is 19.5 Å². The van der Waals surface area contributed by atoms with Gasteiger partial charge in [-0.3, -0.25) is 14.8 Å². The summed E-state index contributed by atoms with van der Waals surface area (Å²) in [6, 6.07) is 5.82. The second-order valence-electron chi connectivity index (χ2n) is 7.56. The molecule has 0 aromatic carbocycles. The summed E-state index contributed by atoms with van der Waals surface area (Å²) in [4.78, 5) is 35.6. The number of fused-ring (bicyclic) bond motifs is 1. The maximum absolute atomic E-state index is 12.5. The molecule has 0 bridgehead atoms. The number of halogens is 3. The number of ether oxygens (including phenoxy) is 2. The number of pyridine rings is 1. The zero-order valence-electron chi connectivity index (χ0n) is 17.5. The number of nitrogens with zero attached hydrogens (tertiary/aromatic N) is 4. The second kappa shape index (κ2) is 11.1. The fraction of sp³-hybridized carbons (Fsp3) is 0.476. The normalized spacial score (nSPS) is 21.8. The van der Waals surface area contributed by atoms with Crippen molar-refractivity contribution in [2.24, 2.45) is 11.8 Å². The first-order valence-corrected chi connectivity index (χ1v) is 10.2. The summed E-state index contributed by atoms with van der Waals surface area (Å²) < 4.78 is 43.4. The number of carbonyl (C=O) groups excluding carboxylic acids is 1. The highest BCUT2D eigenvalue weighted by Gasteiger charge is 2.45. The van der Waals surface area contributed by atoms with E-state index in [0.717, 1.165) is 18.7 Å². The van der Waals surface area contributed by atoms with Gasteiger partial charge in [-0.15, -0.1) is 0 Å². The van der Waals surface area contributed by atoms with E-state index in [9.17, 15) is 18.0 Å². The van der Waals surface area contributed by atoms with E-state index in [0.29, 0.717) is 43.8 Å². The van der Waals surface area contributed by atoms with Crippen molar-refractivity contribution in [1.82, 2.24) is 19.9 Å². The summed E-state index contributed by atoms with van der Waals surface area (Å²) in [5, 5.41) is 7.12. The Bertz CT molecular complexity index is 917. The summed E-state index contributed by atoms with van der Waals surface area (Å²) in [5.74, 6) is -2.04. The Morgan fingerprint density at radius 3 is 2.61 bits per heavy atom. The molecule has 12 heteroatoms. The lowest BCUT2D eigenvalue weighted by atomic mass is 9.91. The van der Waals surface area contributed by atoms with Crippen LogP contribution in [0.1, 0.15) is 22.6 Å². The van der Waals surface area contributed by atoms with Crippen LogP contribution in [-0.4, -0.2) is 75.4 Å². The van der Waals surface area contributed by atoms with Crippen LogP contribution in [0, 0.1) is 11.8 Å². The largest absolute Gasteiger partial charge is 0.490 e. The lowest BCUT2D eigenvalue weighted by Gasteiger charge is -2.19. The third kappa shape index (κ3) is 6.93. The first-order valence-electron chi connectivity index (χ1n) is 10.2. The van der Waals surface area contributed by atoms with Gasteiger partial charge in [0.25, 0.3) is 5.91 Å². The number of aliphatic carboxylic acids is 1. The zero-order chi connectivity index (χ0) is 23.8. The molecule has 0 unspecified atom stereocenters. The summed E-state index contributed by atoms with van der Waals surface area (Å²) in [5.41, 5.74) is 1.33. The van der Waals surface area contributed by atoms with Crippen LogP contribution >= 0.6 is 0 Å². The van der Waals surface area contributed by atoms with E-state index in [1.54, 1.807) is 18.6 Å². The van der Waals surface area contributed by atoms with Crippen molar-refractivity contribution in [3.05, 3.63) is 54.4 Å². The minimum absolute atomic E-state index is 0.0683. The van der Waals surface area contributed by atoms with Gasteiger partial charge in [0, 0.05) is 44.2 Å². The van der Waals surface area contributed by atoms with Crippen molar-refractivity contribution >= 4 is 11.9 Å². The SMILES string of the molecule is O=C(O)C(F)(F)F.O=C(c1cnccn1)N1C[C@H]2[C@@H](CCOCc3ccccn3)CO[C@H]2C1. The number of carboxylic acid groups (broad SMARTS) is 1. The van der Waals surface area contributed by atoms with Gasteiger partial charge >= 0.3 is 12.1 Å². The van der Waals surface area contributed by atoms with Gasteiger partial charge in [-0.25, -0.2) is 9.78 Å². The maximum atomic E-state index is 12.5. The van der Waals surface area contributed by atoms with Crippen LogP contribution < -0.4 is 0 Å². The number of aromatic nitrogens is 3. The zero-order valence-corrected chi connectivity index (χ0v) is 17.5. The van der Waals surface area contributed by atoms with E-state index in [1.807, 2.05) is 23.1 Å². The molecule has 1 N–H and O–H groups in total. The second-order valence-corrected chi connectivity index (χ2v) is 7.56. The van der Waals surface area contributed by atoms with Crippen LogP contribution in [0.4, 0.5) is 13.2 Å². The average molecular weight is 468 g/mol. The first kappa shape index (κ1) is 24.5. The number of carboxylic acids is 1. The minimum Gasteiger partial charge on any atom is -0.475 e. The number of carbonyl (C=O) groups is 2. The molecule has 2 aromatic heterocycles. The molecule has 2 aliphatic heterocycles. The third-order valence-electron chi connectivity index (χ3n) is 5.36. The molecule has 1 amide bonds. The average Bonchev–Trinajstić information content (AvgIpc) is 3.39. The molecule has 2 saturated heterocycles. The van der Waals surface area contributed by atoms with Gasteiger partial charge in [0.1, 0.15) is 5.69 Å². The molecule has 2 aromatic rings. The van der Waals surface area contributed by atoms with E-state index < -0.39 is 12.1 Å². The predicted molar refractivity (Wildman–Crippen MR) is 107 cm³/mol. The molecule has 0 spiro atoms. The highest BCUT2D eigenvalue weighted by molar-refractivity contribution is 5.92. The van der Waals surface area contributed by atoms with Gasteiger partial charge in [-0.05, 0) is 24.5 Å². The summed E-state index contributed by atoms with van der Waals surface area (Å²) in [6.07, 6.45) is 2.37. The van der Waals surface area contributed by atoms with E-state index in [4.69, 9.17) is 19.4 Å². The number of hydrogen-bond donors (Lipinski definition) is 1. The number of amides is 1. The molecule has 2 aliphatic rings. The molecule has 0 aliphatic carbocycles. The topological polar surface area (TPSA) is 115 Å². The summed E-state index contributed by atoms with van der Waals surface area (Å²) in [6.45, 7) is 3.29. The van der Waals surface area contributed by atoms with Gasteiger partial charge in [0.2, 0.25) is 0 Å². The van der Waals surface area contributed by atoms with Crippen molar-refractivity contribution in [3.8, 4) is 0 Å². The first-order chi connectivity index (χ1) is 15.8.